The normalized spacial score (nSPS) is 10.7. The minimum Gasteiger partial charge on any atom is -0.345 e. The van der Waals surface area contributed by atoms with E-state index in [1.165, 1.54) is 0 Å². The van der Waals surface area contributed by atoms with E-state index in [1.807, 2.05) is 6.07 Å². The van der Waals surface area contributed by atoms with Crippen LogP contribution in [0.3, 0.4) is 0 Å². The van der Waals surface area contributed by atoms with E-state index in [-0.39, 0.29) is 0 Å². The van der Waals surface area contributed by atoms with Crippen LogP contribution in [0.5, 0.6) is 0 Å². The standard InChI is InChI=1S/C7H5ClN2S/c8-6-2-1-4-5(11)3-9-7(4)10-6/h1-3,11H,(H,9,10). The Morgan fingerprint density at radius 1 is 1.45 bits per heavy atom. The maximum atomic E-state index is 5.67. The molecule has 0 fully saturated rings. The number of nitrogens with zero attached hydrogens (tertiary/aromatic N) is 1. The van der Waals surface area contributed by atoms with Gasteiger partial charge in [-0.15, -0.1) is 12.6 Å². The molecule has 0 aliphatic heterocycles. The molecule has 1 N–H and O–H groups in total. The monoisotopic (exact) mass is 184 g/mol. The summed E-state index contributed by atoms with van der Waals surface area (Å²) in [6.45, 7) is 0. The number of nitrogens with one attached hydrogen (secondary N) is 1. The van der Waals surface area contributed by atoms with Gasteiger partial charge in [0.2, 0.25) is 0 Å². The summed E-state index contributed by atoms with van der Waals surface area (Å²) in [5.74, 6) is 0. The molecule has 0 amide bonds. The molecule has 0 unspecified atom stereocenters. The average Bonchev–Trinajstić information content (AvgIpc) is 2.32. The number of thiol groups is 1. The molecule has 0 radical (unpaired) electrons. The first-order valence-electron chi connectivity index (χ1n) is 3.10. The second-order valence-corrected chi connectivity index (χ2v) is 3.07. The number of hydrogen-bond donors (Lipinski definition) is 2. The third kappa shape index (κ3) is 1.10. The smallest absolute Gasteiger partial charge is 0.140 e. The number of halogens is 1. The summed E-state index contributed by atoms with van der Waals surface area (Å²) in [7, 11) is 0. The first-order valence-corrected chi connectivity index (χ1v) is 3.92. The Morgan fingerprint density at radius 2 is 2.27 bits per heavy atom. The van der Waals surface area contributed by atoms with E-state index in [9.17, 15) is 0 Å². The minimum atomic E-state index is 0.493. The molecule has 11 heavy (non-hydrogen) atoms. The molecule has 0 saturated heterocycles. The van der Waals surface area contributed by atoms with Crippen molar-refractivity contribution in [3.05, 3.63) is 23.5 Å². The van der Waals surface area contributed by atoms with Crippen LogP contribution in [0, 0.1) is 0 Å². The first-order chi connectivity index (χ1) is 5.27. The number of hydrogen-bond acceptors (Lipinski definition) is 2. The SMILES string of the molecule is Sc1c[nH]c2nc(Cl)ccc12. The Bertz CT molecular complexity index is 396. The average molecular weight is 185 g/mol. The lowest BCUT2D eigenvalue weighted by Crippen LogP contribution is -1.75. The van der Waals surface area contributed by atoms with Gasteiger partial charge in [-0.05, 0) is 12.1 Å². The highest BCUT2D eigenvalue weighted by Gasteiger charge is 2.00. The highest BCUT2D eigenvalue weighted by atomic mass is 35.5. The largest absolute Gasteiger partial charge is 0.345 e. The topological polar surface area (TPSA) is 28.7 Å². The van der Waals surface area contributed by atoms with Crippen LogP contribution in [0.15, 0.2) is 23.2 Å². The predicted octanol–water partition coefficient (Wildman–Crippen LogP) is 2.50. The Labute approximate surface area is 74.0 Å². The zero-order chi connectivity index (χ0) is 7.84. The quantitative estimate of drug-likeness (QED) is 0.478. The van der Waals surface area contributed by atoms with Crippen LogP contribution in [0.4, 0.5) is 0 Å². The maximum absolute atomic E-state index is 5.67. The molecule has 0 aromatic carbocycles. The molecule has 4 heteroatoms. The number of aromatic amines is 1. The summed E-state index contributed by atoms with van der Waals surface area (Å²) in [5.41, 5.74) is 0.780. The molecule has 0 atom stereocenters. The van der Waals surface area contributed by atoms with E-state index in [4.69, 9.17) is 11.6 Å². The zero-order valence-corrected chi connectivity index (χ0v) is 7.15. The number of pyridine rings is 1. The second-order valence-electron chi connectivity index (χ2n) is 2.20. The third-order valence-electron chi connectivity index (χ3n) is 1.48. The Morgan fingerprint density at radius 3 is 3.09 bits per heavy atom. The van der Waals surface area contributed by atoms with Crippen LogP contribution in [0.25, 0.3) is 11.0 Å². The number of fused-ring (bicyclic) bond motifs is 1. The predicted molar refractivity (Wildman–Crippen MR) is 48.4 cm³/mol. The Kier molecular flexibility index (Phi) is 1.55. The van der Waals surface area contributed by atoms with E-state index in [2.05, 4.69) is 22.6 Å². The van der Waals surface area contributed by atoms with Gasteiger partial charge < -0.3 is 4.98 Å². The molecule has 0 aliphatic rings. The van der Waals surface area contributed by atoms with Crippen molar-refractivity contribution in [3.63, 3.8) is 0 Å². The van der Waals surface area contributed by atoms with Crippen molar-refractivity contribution >= 4 is 35.3 Å². The highest BCUT2D eigenvalue weighted by molar-refractivity contribution is 7.80. The van der Waals surface area contributed by atoms with Gasteiger partial charge in [0.05, 0.1) is 0 Å². The van der Waals surface area contributed by atoms with E-state index < -0.39 is 0 Å². The lowest BCUT2D eigenvalue weighted by molar-refractivity contribution is 1.32. The fraction of sp³-hybridized carbons (Fsp3) is 0. The fourth-order valence-corrected chi connectivity index (χ4v) is 1.36. The molecular weight excluding hydrogens is 180 g/mol. The molecular formula is C7H5ClN2S. The molecule has 2 nitrogen and oxygen atoms in total. The van der Waals surface area contributed by atoms with E-state index in [0.29, 0.717) is 5.15 Å². The van der Waals surface area contributed by atoms with Gasteiger partial charge in [0, 0.05) is 16.5 Å². The summed E-state index contributed by atoms with van der Waals surface area (Å²) in [4.78, 5) is 7.91. The lowest BCUT2D eigenvalue weighted by atomic mass is 10.3. The summed E-state index contributed by atoms with van der Waals surface area (Å²) in [6, 6.07) is 3.64. The van der Waals surface area contributed by atoms with Gasteiger partial charge in [-0.1, -0.05) is 11.6 Å². The van der Waals surface area contributed by atoms with Crippen molar-refractivity contribution in [1.82, 2.24) is 9.97 Å². The van der Waals surface area contributed by atoms with Gasteiger partial charge in [0.25, 0.3) is 0 Å². The van der Waals surface area contributed by atoms with Crippen molar-refractivity contribution in [2.45, 2.75) is 4.90 Å². The van der Waals surface area contributed by atoms with Crippen LogP contribution in [0.1, 0.15) is 0 Å². The van der Waals surface area contributed by atoms with Gasteiger partial charge in [0.1, 0.15) is 10.8 Å². The number of rotatable bonds is 0. The molecule has 0 spiro atoms. The first kappa shape index (κ1) is 7.00. The van der Waals surface area contributed by atoms with Gasteiger partial charge in [-0.3, -0.25) is 0 Å². The molecule has 0 saturated carbocycles. The van der Waals surface area contributed by atoms with Gasteiger partial charge in [0.15, 0.2) is 0 Å². The molecule has 2 aromatic rings. The van der Waals surface area contributed by atoms with Crippen molar-refractivity contribution in [2.75, 3.05) is 0 Å². The Hall–Kier alpha value is -0.670. The number of H-pyrrole nitrogens is 1. The highest BCUT2D eigenvalue weighted by Crippen LogP contribution is 2.20. The van der Waals surface area contributed by atoms with Crippen molar-refractivity contribution in [3.8, 4) is 0 Å². The van der Waals surface area contributed by atoms with Crippen LogP contribution in [-0.4, -0.2) is 9.97 Å². The second kappa shape index (κ2) is 2.43. The molecule has 2 aromatic heterocycles. The fourth-order valence-electron chi connectivity index (χ4n) is 0.967. The van der Waals surface area contributed by atoms with Gasteiger partial charge in [-0.25, -0.2) is 4.98 Å². The van der Waals surface area contributed by atoms with E-state index >= 15 is 0 Å². The molecule has 2 heterocycles. The van der Waals surface area contributed by atoms with Gasteiger partial charge >= 0.3 is 0 Å². The van der Waals surface area contributed by atoms with Crippen molar-refractivity contribution < 1.29 is 0 Å². The van der Waals surface area contributed by atoms with Crippen LogP contribution >= 0.6 is 24.2 Å². The molecule has 2 rings (SSSR count). The minimum absolute atomic E-state index is 0.493. The summed E-state index contributed by atoms with van der Waals surface area (Å²) >= 11 is 9.89. The Balaban J connectivity index is 2.86. The van der Waals surface area contributed by atoms with Crippen LogP contribution < -0.4 is 0 Å². The lowest BCUT2D eigenvalue weighted by Gasteiger charge is -1.89. The summed E-state index contributed by atoms with van der Waals surface area (Å²) in [6.07, 6.45) is 1.79. The van der Waals surface area contributed by atoms with Crippen molar-refractivity contribution in [1.29, 1.82) is 0 Å². The van der Waals surface area contributed by atoms with E-state index in [0.717, 1.165) is 15.9 Å². The van der Waals surface area contributed by atoms with E-state index in [1.54, 1.807) is 12.3 Å². The van der Waals surface area contributed by atoms with Crippen LogP contribution in [0.2, 0.25) is 5.15 Å². The number of aromatic nitrogens is 2. The molecule has 56 valence electrons. The summed E-state index contributed by atoms with van der Waals surface area (Å²) in [5, 5.41) is 1.49. The molecule has 0 aliphatic carbocycles. The van der Waals surface area contributed by atoms with Crippen molar-refractivity contribution in [2.24, 2.45) is 0 Å². The van der Waals surface area contributed by atoms with Gasteiger partial charge in [-0.2, -0.15) is 0 Å². The van der Waals surface area contributed by atoms with Crippen LogP contribution in [-0.2, 0) is 0 Å². The molecule has 0 bridgehead atoms. The summed E-state index contributed by atoms with van der Waals surface area (Å²) < 4.78 is 0. The zero-order valence-electron chi connectivity index (χ0n) is 5.50. The maximum Gasteiger partial charge on any atom is 0.140 e. The third-order valence-corrected chi connectivity index (χ3v) is 2.06.